The molecule has 2 nitrogen and oxygen atoms in total. The number of nitrogens with one attached hydrogen (secondary N) is 1. The lowest BCUT2D eigenvalue weighted by atomic mass is 10.2. The first-order valence-electron chi connectivity index (χ1n) is 5.56. The van der Waals surface area contributed by atoms with Crippen LogP contribution in [0.15, 0.2) is 54.6 Å². The van der Waals surface area contributed by atoms with Gasteiger partial charge in [0.05, 0.1) is 11.4 Å². The highest BCUT2D eigenvalue weighted by Crippen LogP contribution is 2.39. The van der Waals surface area contributed by atoms with Crippen LogP contribution < -0.4 is 10.2 Å². The van der Waals surface area contributed by atoms with E-state index in [1.54, 1.807) is 0 Å². The van der Waals surface area contributed by atoms with Crippen LogP contribution in [0.3, 0.4) is 0 Å². The van der Waals surface area contributed by atoms with Crippen molar-refractivity contribution < 1.29 is 0 Å². The number of para-hydroxylation sites is 3. The van der Waals surface area contributed by atoms with Crippen LogP contribution in [0.2, 0.25) is 0 Å². The summed E-state index contributed by atoms with van der Waals surface area (Å²) in [5, 5.41) is 3.47. The minimum absolute atomic E-state index is 0.305. The van der Waals surface area contributed by atoms with Gasteiger partial charge < -0.3 is 10.2 Å². The Morgan fingerprint density at radius 3 is 2.44 bits per heavy atom. The lowest BCUT2D eigenvalue weighted by Gasteiger charge is -2.23. The van der Waals surface area contributed by atoms with E-state index in [9.17, 15) is 0 Å². The van der Waals surface area contributed by atoms with Crippen LogP contribution >= 0.6 is 0 Å². The van der Waals surface area contributed by atoms with E-state index in [1.165, 1.54) is 17.1 Å². The Balaban J connectivity index is 2.09. The molecular weight excluding hydrogens is 196 g/mol. The summed E-state index contributed by atoms with van der Waals surface area (Å²) in [6.07, 6.45) is 0.305. The molecule has 1 aliphatic heterocycles. The number of fused-ring (bicyclic) bond motifs is 1. The summed E-state index contributed by atoms with van der Waals surface area (Å²) in [7, 11) is 0. The summed E-state index contributed by atoms with van der Waals surface area (Å²) >= 11 is 0. The molecule has 1 atom stereocenters. The average molecular weight is 210 g/mol. The zero-order valence-corrected chi connectivity index (χ0v) is 9.22. The molecule has 3 rings (SSSR count). The van der Waals surface area contributed by atoms with E-state index >= 15 is 0 Å². The predicted molar refractivity (Wildman–Crippen MR) is 68.1 cm³/mol. The van der Waals surface area contributed by atoms with E-state index in [4.69, 9.17) is 0 Å². The molecule has 2 heteroatoms. The highest BCUT2D eigenvalue weighted by Gasteiger charge is 2.25. The molecule has 1 aliphatic rings. The van der Waals surface area contributed by atoms with Crippen molar-refractivity contribution >= 4 is 17.1 Å². The Kier molecular flexibility index (Phi) is 2.07. The second kappa shape index (κ2) is 3.56. The van der Waals surface area contributed by atoms with E-state index in [-0.39, 0.29) is 0 Å². The molecule has 1 N–H and O–H groups in total. The standard InChI is InChI=1S/C14H14N2/c1-11-15-13-9-5-6-10-14(13)16(11)12-7-3-2-4-8-12/h2-11,15H,1H3/t11-/m0/s1. The van der Waals surface area contributed by atoms with Crippen molar-refractivity contribution in [3.63, 3.8) is 0 Å². The summed E-state index contributed by atoms with van der Waals surface area (Å²) in [6, 6.07) is 18.9. The van der Waals surface area contributed by atoms with Gasteiger partial charge in [-0.25, -0.2) is 0 Å². The molecule has 0 unspecified atom stereocenters. The monoisotopic (exact) mass is 210 g/mol. The molecule has 16 heavy (non-hydrogen) atoms. The van der Waals surface area contributed by atoms with Crippen molar-refractivity contribution in [2.24, 2.45) is 0 Å². The zero-order valence-electron chi connectivity index (χ0n) is 9.22. The van der Waals surface area contributed by atoms with Crippen molar-refractivity contribution in [1.82, 2.24) is 0 Å². The third-order valence-corrected chi connectivity index (χ3v) is 2.95. The average Bonchev–Trinajstić information content (AvgIpc) is 2.66. The van der Waals surface area contributed by atoms with E-state index in [0.29, 0.717) is 6.17 Å². The Labute approximate surface area is 95.5 Å². The van der Waals surface area contributed by atoms with Crippen LogP contribution in [0.1, 0.15) is 6.92 Å². The van der Waals surface area contributed by atoms with Crippen molar-refractivity contribution in [1.29, 1.82) is 0 Å². The second-order valence-corrected chi connectivity index (χ2v) is 4.04. The Morgan fingerprint density at radius 1 is 0.938 bits per heavy atom. The fourth-order valence-electron chi connectivity index (χ4n) is 2.26. The van der Waals surface area contributed by atoms with Crippen LogP contribution in [-0.2, 0) is 0 Å². The molecule has 1 heterocycles. The van der Waals surface area contributed by atoms with Gasteiger partial charge in [-0.3, -0.25) is 0 Å². The van der Waals surface area contributed by atoms with Crippen LogP contribution in [-0.4, -0.2) is 6.17 Å². The van der Waals surface area contributed by atoms with Crippen molar-refractivity contribution in [2.45, 2.75) is 13.1 Å². The highest BCUT2D eigenvalue weighted by molar-refractivity contribution is 5.82. The van der Waals surface area contributed by atoms with Crippen LogP contribution in [0.25, 0.3) is 0 Å². The van der Waals surface area contributed by atoms with Crippen molar-refractivity contribution in [3.8, 4) is 0 Å². The molecular formula is C14H14N2. The Morgan fingerprint density at radius 2 is 1.62 bits per heavy atom. The van der Waals surface area contributed by atoms with Gasteiger partial charge in [-0.1, -0.05) is 30.3 Å². The summed E-state index contributed by atoms with van der Waals surface area (Å²) in [5.74, 6) is 0. The zero-order chi connectivity index (χ0) is 11.0. The minimum Gasteiger partial charge on any atom is -0.363 e. The summed E-state index contributed by atoms with van der Waals surface area (Å²) in [4.78, 5) is 2.31. The molecule has 0 amide bonds. The summed E-state index contributed by atoms with van der Waals surface area (Å²) < 4.78 is 0. The number of nitrogens with zero attached hydrogens (tertiary/aromatic N) is 1. The number of anilines is 3. The van der Waals surface area contributed by atoms with Gasteiger partial charge in [0.25, 0.3) is 0 Å². The van der Waals surface area contributed by atoms with Gasteiger partial charge in [0.1, 0.15) is 6.17 Å². The van der Waals surface area contributed by atoms with Gasteiger partial charge in [0.2, 0.25) is 0 Å². The topological polar surface area (TPSA) is 15.3 Å². The first kappa shape index (κ1) is 9.28. The van der Waals surface area contributed by atoms with Gasteiger partial charge in [0.15, 0.2) is 0 Å². The van der Waals surface area contributed by atoms with Gasteiger partial charge in [-0.15, -0.1) is 0 Å². The largest absolute Gasteiger partial charge is 0.363 e. The molecule has 0 saturated carbocycles. The maximum absolute atomic E-state index is 3.47. The normalized spacial score (nSPS) is 18.1. The van der Waals surface area contributed by atoms with Crippen LogP contribution in [0.5, 0.6) is 0 Å². The van der Waals surface area contributed by atoms with Crippen LogP contribution in [0.4, 0.5) is 17.1 Å². The minimum atomic E-state index is 0.305. The Hall–Kier alpha value is -1.96. The third-order valence-electron chi connectivity index (χ3n) is 2.95. The fourth-order valence-corrected chi connectivity index (χ4v) is 2.26. The van der Waals surface area contributed by atoms with Gasteiger partial charge in [-0.2, -0.15) is 0 Å². The molecule has 0 aromatic heterocycles. The molecule has 0 radical (unpaired) electrons. The first-order valence-corrected chi connectivity index (χ1v) is 5.56. The van der Waals surface area contributed by atoms with Crippen molar-refractivity contribution in [3.05, 3.63) is 54.6 Å². The van der Waals surface area contributed by atoms with E-state index < -0.39 is 0 Å². The molecule has 0 bridgehead atoms. The number of rotatable bonds is 1. The third kappa shape index (κ3) is 1.34. The molecule has 2 aromatic rings. The number of benzene rings is 2. The lowest BCUT2D eigenvalue weighted by Crippen LogP contribution is -2.28. The second-order valence-electron chi connectivity index (χ2n) is 4.04. The first-order chi connectivity index (χ1) is 7.86. The summed E-state index contributed by atoms with van der Waals surface area (Å²) in [6.45, 7) is 2.17. The lowest BCUT2D eigenvalue weighted by molar-refractivity contribution is 0.843. The predicted octanol–water partition coefficient (Wildman–Crippen LogP) is 3.60. The molecule has 0 spiro atoms. The molecule has 0 aliphatic carbocycles. The fraction of sp³-hybridized carbons (Fsp3) is 0.143. The molecule has 0 fully saturated rings. The quantitative estimate of drug-likeness (QED) is 0.773. The Bertz CT molecular complexity index is 493. The van der Waals surface area contributed by atoms with E-state index in [2.05, 4.69) is 65.7 Å². The van der Waals surface area contributed by atoms with Gasteiger partial charge in [-0.05, 0) is 31.2 Å². The highest BCUT2D eigenvalue weighted by atomic mass is 15.3. The number of hydrogen-bond acceptors (Lipinski definition) is 2. The van der Waals surface area contributed by atoms with Gasteiger partial charge >= 0.3 is 0 Å². The number of hydrogen-bond donors (Lipinski definition) is 1. The van der Waals surface area contributed by atoms with Crippen LogP contribution in [0, 0.1) is 0 Å². The summed E-state index contributed by atoms with van der Waals surface area (Å²) in [5.41, 5.74) is 3.69. The molecule has 0 saturated heterocycles. The maximum Gasteiger partial charge on any atom is 0.101 e. The van der Waals surface area contributed by atoms with E-state index in [0.717, 1.165) is 0 Å². The molecule has 80 valence electrons. The molecule has 2 aromatic carbocycles. The van der Waals surface area contributed by atoms with E-state index in [1.807, 2.05) is 6.07 Å². The van der Waals surface area contributed by atoms with Crippen molar-refractivity contribution in [2.75, 3.05) is 10.2 Å². The van der Waals surface area contributed by atoms with Gasteiger partial charge in [0, 0.05) is 5.69 Å². The maximum atomic E-state index is 3.47. The smallest absolute Gasteiger partial charge is 0.101 e. The SMILES string of the molecule is C[C@H]1Nc2ccccc2N1c1ccccc1.